The first kappa shape index (κ1) is 18.6. The second kappa shape index (κ2) is 8.95. The van der Waals surface area contributed by atoms with Gasteiger partial charge in [0, 0.05) is 25.3 Å². The summed E-state index contributed by atoms with van der Waals surface area (Å²) in [6, 6.07) is 14.3. The first-order valence-corrected chi connectivity index (χ1v) is 9.30. The maximum atomic E-state index is 13.1. The van der Waals surface area contributed by atoms with Gasteiger partial charge in [0.15, 0.2) is 0 Å². The molecule has 0 radical (unpaired) electrons. The van der Waals surface area contributed by atoms with Crippen molar-refractivity contribution in [3.8, 4) is 0 Å². The van der Waals surface area contributed by atoms with Gasteiger partial charge < -0.3 is 9.64 Å². The van der Waals surface area contributed by atoms with Crippen LogP contribution in [0.2, 0.25) is 0 Å². The van der Waals surface area contributed by atoms with Gasteiger partial charge in [-0.05, 0) is 61.4 Å². The fraction of sp³-hybridized carbons (Fsp3) is 0.409. The van der Waals surface area contributed by atoms with E-state index in [1.807, 2.05) is 42.2 Å². The molecule has 1 saturated heterocycles. The molecule has 3 rings (SSSR count). The second-order valence-electron chi connectivity index (χ2n) is 7.02. The van der Waals surface area contributed by atoms with Gasteiger partial charge in [0.05, 0.1) is 6.61 Å². The molecule has 1 heterocycles. The van der Waals surface area contributed by atoms with E-state index in [9.17, 15) is 9.18 Å². The molecule has 1 amide bonds. The van der Waals surface area contributed by atoms with Crippen LogP contribution in [0.4, 0.5) is 4.39 Å². The summed E-state index contributed by atoms with van der Waals surface area (Å²) in [6.45, 7) is 4.72. The topological polar surface area (TPSA) is 29.5 Å². The number of carbonyl (C=O) groups excluding carboxylic acids is 1. The molecule has 0 saturated carbocycles. The minimum Gasteiger partial charge on any atom is -0.377 e. The molecular weight excluding hydrogens is 329 g/mol. The van der Waals surface area contributed by atoms with Crippen molar-refractivity contribution in [3.05, 3.63) is 71.0 Å². The Balaban J connectivity index is 1.39. The highest BCUT2D eigenvalue weighted by molar-refractivity contribution is 5.95. The smallest absolute Gasteiger partial charge is 0.254 e. The van der Waals surface area contributed by atoms with Gasteiger partial charge in [-0.1, -0.05) is 30.3 Å². The third kappa shape index (κ3) is 4.92. The quantitative estimate of drug-likeness (QED) is 0.709. The fourth-order valence-corrected chi connectivity index (χ4v) is 3.47. The van der Waals surface area contributed by atoms with Crippen molar-refractivity contribution in [2.75, 3.05) is 19.7 Å². The molecule has 0 aliphatic carbocycles. The molecule has 0 atom stereocenters. The summed E-state index contributed by atoms with van der Waals surface area (Å²) < 4.78 is 18.8. The minimum absolute atomic E-state index is 0.143. The summed E-state index contributed by atoms with van der Waals surface area (Å²) in [6.07, 6.45) is 3.02. The number of piperidine rings is 1. The van der Waals surface area contributed by atoms with Gasteiger partial charge in [0.2, 0.25) is 0 Å². The normalized spacial score (nSPS) is 15.2. The molecule has 138 valence electrons. The molecule has 0 unspecified atom stereocenters. The first-order chi connectivity index (χ1) is 12.6. The zero-order chi connectivity index (χ0) is 18.4. The summed E-state index contributed by atoms with van der Waals surface area (Å²) in [5, 5.41) is 0. The Kier molecular flexibility index (Phi) is 6.40. The Bertz CT molecular complexity index is 738. The molecule has 0 bridgehead atoms. The number of benzene rings is 2. The number of halogens is 1. The highest BCUT2D eigenvalue weighted by Crippen LogP contribution is 2.23. The third-order valence-corrected chi connectivity index (χ3v) is 5.11. The molecule has 1 fully saturated rings. The van der Waals surface area contributed by atoms with E-state index in [-0.39, 0.29) is 11.7 Å². The Morgan fingerprint density at radius 3 is 2.65 bits per heavy atom. The van der Waals surface area contributed by atoms with Gasteiger partial charge in [-0.3, -0.25) is 4.79 Å². The average Bonchev–Trinajstić information content (AvgIpc) is 2.66. The van der Waals surface area contributed by atoms with E-state index in [1.165, 1.54) is 12.1 Å². The predicted molar refractivity (Wildman–Crippen MR) is 100 cm³/mol. The van der Waals surface area contributed by atoms with Crippen molar-refractivity contribution in [1.29, 1.82) is 0 Å². The minimum atomic E-state index is -0.225. The van der Waals surface area contributed by atoms with Crippen LogP contribution in [0.3, 0.4) is 0 Å². The first-order valence-electron chi connectivity index (χ1n) is 9.30. The summed E-state index contributed by atoms with van der Waals surface area (Å²) in [5.74, 6) is 0.504. The molecule has 2 aromatic rings. The number of hydrogen-bond donors (Lipinski definition) is 0. The standard InChI is InChI=1S/C22H26FNO2/c1-17-5-2-3-8-21(17)22(25)24-12-9-18(10-13-24)11-14-26-16-19-6-4-7-20(23)15-19/h2-8,15,18H,9-14,16H2,1H3. The van der Waals surface area contributed by atoms with E-state index in [1.54, 1.807) is 6.07 Å². The van der Waals surface area contributed by atoms with E-state index < -0.39 is 0 Å². The lowest BCUT2D eigenvalue weighted by Crippen LogP contribution is -2.39. The van der Waals surface area contributed by atoms with E-state index in [0.29, 0.717) is 19.1 Å². The maximum absolute atomic E-state index is 13.1. The van der Waals surface area contributed by atoms with Crippen molar-refractivity contribution in [1.82, 2.24) is 4.90 Å². The molecule has 2 aromatic carbocycles. The Morgan fingerprint density at radius 2 is 1.92 bits per heavy atom. The second-order valence-corrected chi connectivity index (χ2v) is 7.02. The summed E-state index contributed by atoms with van der Waals surface area (Å²) >= 11 is 0. The number of nitrogens with zero attached hydrogens (tertiary/aromatic N) is 1. The van der Waals surface area contributed by atoms with Gasteiger partial charge in [-0.15, -0.1) is 0 Å². The number of carbonyl (C=O) groups is 1. The van der Waals surface area contributed by atoms with E-state index in [2.05, 4.69) is 0 Å². The molecule has 4 heteroatoms. The summed E-state index contributed by atoms with van der Waals surface area (Å²) in [4.78, 5) is 14.6. The van der Waals surface area contributed by atoms with Crippen molar-refractivity contribution in [3.63, 3.8) is 0 Å². The highest BCUT2D eigenvalue weighted by Gasteiger charge is 2.24. The Morgan fingerprint density at radius 1 is 1.15 bits per heavy atom. The van der Waals surface area contributed by atoms with Crippen LogP contribution in [0.1, 0.15) is 40.7 Å². The number of likely N-dealkylation sites (tertiary alicyclic amines) is 1. The lowest BCUT2D eigenvalue weighted by atomic mass is 9.93. The molecular formula is C22H26FNO2. The Labute approximate surface area is 154 Å². The van der Waals surface area contributed by atoms with Crippen LogP contribution in [0.25, 0.3) is 0 Å². The van der Waals surface area contributed by atoms with Crippen LogP contribution in [-0.4, -0.2) is 30.5 Å². The van der Waals surface area contributed by atoms with Crippen molar-refractivity contribution in [2.45, 2.75) is 32.8 Å². The predicted octanol–water partition coefficient (Wildman–Crippen LogP) is 4.59. The summed E-state index contributed by atoms with van der Waals surface area (Å²) in [5.41, 5.74) is 2.71. The zero-order valence-electron chi connectivity index (χ0n) is 15.3. The molecule has 26 heavy (non-hydrogen) atoms. The highest BCUT2D eigenvalue weighted by atomic mass is 19.1. The van der Waals surface area contributed by atoms with Crippen molar-refractivity contribution >= 4 is 5.91 Å². The SMILES string of the molecule is Cc1ccccc1C(=O)N1CCC(CCOCc2cccc(F)c2)CC1. The molecule has 1 aliphatic heterocycles. The fourth-order valence-electron chi connectivity index (χ4n) is 3.47. The van der Waals surface area contributed by atoms with Crippen LogP contribution in [0.15, 0.2) is 48.5 Å². The van der Waals surface area contributed by atoms with E-state index in [0.717, 1.165) is 49.0 Å². The summed E-state index contributed by atoms with van der Waals surface area (Å²) in [7, 11) is 0. The van der Waals surface area contributed by atoms with Crippen LogP contribution >= 0.6 is 0 Å². The molecule has 1 aliphatic rings. The molecule has 0 aromatic heterocycles. The molecule has 0 spiro atoms. The van der Waals surface area contributed by atoms with Crippen LogP contribution in [0, 0.1) is 18.7 Å². The van der Waals surface area contributed by atoms with Crippen LogP contribution < -0.4 is 0 Å². The van der Waals surface area contributed by atoms with Gasteiger partial charge in [-0.2, -0.15) is 0 Å². The average molecular weight is 355 g/mol. The largest absolute Gasteiger partial charge is 0.377 e. The van der Waals surface area contributed by atoms with E-state index in [4.69, 9.17) is 4.74 Å². The number of aryl methyl sites for hydroxylation is 1. The van der Waals surface area contributed by atoms with Crippen LogP contribution in [-0.2, 0) is 11.3 Å². The number of hydrogen-bond acceptors (Lipinski definition) is 2. The Hall–Kier alpha value is -2.20. The van der Waals surface area contributed by atoms with Gasteiger partial charge in [-0.25, -0.2) is 4.39 Å². The van der Waals surface area contributed by atoms with Crippen molar-refractivity contribution < 1.29 is 13.9 Å². The number of amides is 1. The van der Waals surface area contributed by atoms with Crippen LogP contribution in [0.5, 0.6) is 0 Å². The van der Waals surface area contributed by atoms with Gasteiger partial charge >= 0.3 is 0 Å². The zero-order valence-corrected chi connectivity index (χ0v) is 15.3. The molecule has 3 nitrogen and oxygen atoms in total. The van der Waals surface area contributed by atoms with Gasteiger partial charge in [0.1, 0.15) is 5.82 Å². The van der Waals surface area contributed by atoms with Crippen molar-refractivity contribution in [2.24, 2.45) is 5.92 Å². The monoisotopic (exact) mass is 355 g/mol. The number of ether oxygens (including phenoxy) is 1. The third-order valence-electron chi connectivity index (χ3n) is 5.11. The maximum Gasteiger partial charge on any atom is 0.254 e. The van der Waals surface area contributed by atoms with Gasteiger partial charge in [0.25, 0.3) is 5.91 Å². The lowest BCUT2D eigenvalue weighted by molar-refractivity contribution is 0.0638. The lowest BCUT2D eigenvalue weighted by Gasteiger charge is -2.32. The van der Waals surface area contributed by atoms with E-state index >= 15 is 0 Å². The molecule has 0 N–H and O–H groups in total. The number of rotatable bonds is 6.